The van der Waals surface area contributed by atoms with E-state index >= 15 is 0 Å². The van der Waals surface area contributed by atoms with E-state index in [2.05, 4.69) is 18.6 Å². The summed E-state index contributed by atoms with van der Waals surface area (Å²) in [5.41, 5.74) is 3.55. The van der Waals surface area contributed by atoms with Crippen molar-refractivity contribution in [3.8, 4) is 11.6 Å². The van der Waals surface area contributed by atoms with Gasteiger partial charge in [-0.25, -0.2) is 14.7 Å². The molecule has 2 atom stereocenters. The molecule has 0 bridgehead atoms. The minimum absolute atomic E-state index is 0.0628. The number of fused-ring (bicyclic) bond motifs is 1. The molecule has 2 aromatic heterocycles. The molecule has 8 nitrogen and oxygen atoms in total. The Bertz CT molecular complexity index is 1330. The number of ether oxygens (including phenoxy) is 1. The van der Waals surface area contributed by atoms with Crippen molar-refractivity contribution in [2.24, 2.45) is 0 Å². The minimum atomic E-state index is -0.298. The maximum absolute atomic E-state index is 14.0. The standard InChI is InChI=1S/C27H29I2N5O3/c1-28-20(11-12-30)13-29-18-33-16-19(14-32-33)17-34(21-9-10-26(37-2)31-15-21)27(36)24-7-3-6-23-22(24)5-4-8-25(23)35/h4-5,8-16,24,30,35H,1,3,6-7,17-18H2,2H3/p+1. The number of pyridine rings is 1. The quantitative estimate of drug-likeness (QED) is 0.167. The van der Waals surface area contributed by atoms with Gasteiger partial charge in [0.15, 0.2) is 5.69 Å². The number of alkyl halides is 1. The molecule has 1 amide bonds. The van der Waals surface area contributed by atoms with Crippen molar-refractivity contribution in [3.05, 3.63) is 75.3 Å². The highest BCUT2D eigenvalue weighted by molar-refractivity contribution is 14.2. The van der Waals surface area contributed by atoms with Crippen LogP contribution < -0.4 is 9.64 Å². The Morgan fingerprint density at radius 1 is 1.35 bits per heavy atom. The summed E-state index contributed by atoms with van der Waals surface area (Å²) in [6.07, 6.45) is 11.1. The molecular weight excluding hydrogens is 696 g/mol. The zero-order valence-corrected chi connectivity index (χ0v) is 24.8. The fraction of sp³-hybridized carbons (Fsp3) is 0.259. The number of rotatable bonds is 10. The number of allylic oxidation sites excluding steroid dienone is 2. The van der Waals surface area contributed by atoms with Crippen molar-refractivity contribution in [1.82, 2.24) is 14.8 Å². The van der Waals surface area contributed by atoms with Gasteiger partial charge in [-0.3, -0.25) is 4.68 Å². The van der Waals surface area contributed by atoms with E-state index in [1.54, 1.807) is 25.4 Å². The Labute approximate surface area is 236 Å². The maximum atomic E-state index is 14.0. The molecule has 0 fully saturated rings. The number of hydrogen-bond donors (Lipinski definition) is 3. The van der Waals surface area contributed by atoms with Crippen LogP contribution in [0.2, 0.25) is 0 Å². The Morgan fingerprint density at radius 3 is 2.95 bits per heavy atom. The normalized spacial score (nSPS) is 16.6. The largest absolute Gasteiger partial charge is 0.508 e. The van der Waals surface area contributed by atoms with Crippen LogP contribution in [0.15, 0.2) is 58.6 Å². The van der Waals surface area contributed by atoms with E-state index < -0.39 is 0 Å². The van der Waals surface area contributed by atoms with Gasteiger partial charge >= 0.3 is 5.91 Å². The van der Waals surface area contributed by atoms with Crippen molar-refractivity contribution in [2.75, 3.05) is 7.11 Å². The van der Waals surface area contributed by atoms with Gasteiger partial charge in [-0.2, -0.15) is 5.10 Å². The van der Waals surface area contributed by atoms with Crippen LogP contribution in [0.4, 0.5) is 5.69 Å². The number of quaternary nitrogens is 1. The Morgan fingerprint density at radius 2 is 2.22 bits per heavy atom. The summed E-state index contributed by atoms with van der Waals surface area (Å²) in [5.74, 6) is 0.530. The number of benzene rings is 1. The lowest BCUT2D eigenvalue weighted by atomic mass is 9.81. The molecule has 1 aliphatic rings. The van der Waals surface area contributed by atoms with Gasteiger partial charge in [0.2, 0.25) is 5.88 Å². The van der Waals surface area contributed by atoms with Crippen LogP contribution in [0.25, 0.3) is 0 Å². The van der Waals surface area contributed by atoms with E-state index in [9.17, 15) is 9.90 Å². The molecule has 37 heavy (non-hydrogen) atoms. The predicted molar refractivity (Wildman–Crippen MR) is 164 cm³/mol. The average Bonchev–Trinajstić information content (AvgIpc) is 3.38. The number of carbonyl (C=O) groups excluding carboxylic acids is 1. The molecule has 194 valence electrons. The first kappa shape index (κ1) is 27.5. The van der Waals surface area contributed by atoms with Gasteiger partial charge in [0.1, 0.15) is 18.2 Å². The van der Waals surface area contributed by atoms with Crippen LogP contribution in [0.3, 0.4) is 0 Å². The molecule has 2 unspecified atom stereocenters. The van der Waals surface area contributed by atoms with Crippen LogP contribution in [0.5, 0.6) is 11.6 Å². The minimum Gasteiger partial charge on any atom is -0.508 e. The van der Waals surface area contributed by atoms with Crippen molar-refractivity contribution >= 4 is 67.8 Å². The number of halogens is 2. The molecule has 0 spiro atoms. The first-order valence-corrected chi connectivity index (χ1v) is 17.1. The summed E-state index contributed by atoms with van der Waals surface area (Å²) >= 11 is -0.546. The fourth-order valence-electron chi connectivity index (χ4n) is 4.46. The van der Waals surface area contributed by atoms with Gasteiger partial charge in [-0.05, 0) is 46.5 Å². The van der Waals surface area contributed by atoms with Crippen molar-refractivity contribution in [1.29, 1.82) is 5.41 Å². The summed E-state index contributed by atoms with van der Waals surface area (Å²) < 4.78 is 15.4. The number of nitrogens with zero attached hydrogens (tertiary/aromatic N) is 3. The predicted octanol–water partition coefficient (Wildman–Crippen LogP) is 4.02. The smallest absolute Gasteiger partial charge is 0.324 e. The second-order valence-electron chi connectivity index (χ2n) is 8.52. The lowest BCUT2D eigenvalue weighted by molar-refractivity contribution is -0.766. The number of carbonyl (C=O) groups is 1. The van der Waals surface area contributed by atoms with Crippen molar-refractivity contribution in [2.45, 2.75) is 36.3 Å². The van der Waals surface area contributed by atoms with Gasteiger partial charge < -0.3 is 15.3 Å². The molecule has 2 heterocycles. The van der Waals surface area contributed by atoms with E-state index in [1.807, 2.05) is 41.4 Å². The third kappa shape index (κ3) is 6.85. The molecule has 0 radical (unpaired) electrons. The second kappa shape index (κ2) is 13.3. The number of hydrogen-bond acceptors (Lipinski definition) is 6. The maximum Gasteiger partial charge on any atom is 0.324 e. The number of methoxy groups -OCH3 is 1. The number of amides is 1. The van der Waals surface area contributed by atoms with Gasteiger partial charge in [-0.15, -0.1) is 0 Å². The van der Waals surface area contributed by atoms with Gasteiger partial charge in [-0.1, -0.05) is 58.1 Å². The van der Waals surface area contributed by atoms with E-state index in [-0.39, 0.29) is 59.0 Å². The first-order chi connectivity index (χ1) is 18.0. The molecule has 10 heteroatoms. The first-order valence-electron chi connectivity index (χ1n) is 11.8. The van der Waals surface area contributed by atoms with Gasteiger partial charge in [0.05, 0.1) is 24.1 Å². The van der Waals surface area contributed by atoms with Gasteiger partial charge in [0.25, 0.3) is 0 Å². The molecule has 0 aliphatic heterocycles. The zero-order valence-electron chi connectivity index (χ0n) is 20.5. The average molecular weight is 726 g/mol. The monoisotopic (exact) mass is 726 g/mol. The Balaban J connectivity index is 1.59. The van der Waals surface area contributed by atoms with E-state index in [0.717, 1.165) is 46.2 Å². The van der Waals surface area contributed by atoms with E-state index in [0.29, 0.717) is 17.3 Å². The molecule has 1 aliphatic carbocycles. The second-order valence-corrected chi connectivity index (χ2v) is 12.7. The Hall–Kier alpha value is -2.58. The van der Waals surface area contributed by atoms with Crippen LogP contribution in [0.1, 0.15) is 35.4 Å². The van der Waals surface area contributed by atoms with Crippen molar-refractivity contribution < 1.29 is 19.5 Å². The number of phenols is 1. The molecule has 4 rings (SSSR count). The topological polar surface area (TPSA) is 106 Å². The lowest BCUT2D eigenvalue weighted by Gasteiger charge is -2.27. The highest BCUT2D eigenvalue weighted by Crippen LogP contribution is 2.36. The fourth-order valence-corrected chi connectivity index (χ4v) is 8.89. The molecule has 1 aromatic carbocycles. The van der Waals surface area contributed by atoms with Crippen LogP contribution in [0, 0.1) is 5.41 Å². The van der Waals surface area contributed by atoms with Crippen LogP contribution in [-0.4, -0.2) is 47.6 Å². The number of phenolic OH excluding ortho intramolecular Hbond substituents is 1. The third-order valence-corrected chi connectivity index (χ3v) is 11.2. The highest BCUT2D eigenvalue weighted by Gasteiger charge is 2.36. The molecule has 0 saturated carbocycles. The summed E-state index contributed by atoms with van der Waals surface area (Å²) in [7, 11) is 1.57. The third-order valence-electron chi connectivity index (χ3n) is 6.23. The highest BCUT2D eigenvalue weighted by atomic mass is 127. The number of aromatic hydroxyl groups is 1. The van der Waals surface area contributed by atoms with Crippen LogP contribution in [-0.2, 0) is 22.3 Å². The SMILES string of the molecule is C=IC(C=ICn1cc(C[NH+](C(=O)C2CCCc3c(O)cccc32)c2ccc(OC)nc2)cn1)=CC=N. The summed E-state index contributed by atoms with van der Waals surface area (Å²) in [5, 5.41) is 22.2. The number of nitrogens with one attached hydrogen (secondary N) is 2. The number of aromatic nitrogens is 3. The van der Waals surface area contributed by atoms with E-state index in [4.69, 9.17) is 10.1 Å². The lowest BCUT2D eigenvalue weighted by Crippen LogP contribution is -3.09. The Kier molecular flexibility index (Phi) is 9.86. The van der Waals surface area contributed by atoms with E-state index in [1.165, 1.54) is 9.79 Å². The molecule has 3 N–H and O–H groups in total. The molecule has 0 saturated heterocycles. The molecule has 3 aromatic rings. The van der Waals surface area contributed by atoms with Crippen LogP contribution >= 0.6 is 41.5 Å². The van der Waals surface area contributed by atoms with Crippen molar-refractivity contribution in [3.63, 3.8) is 0 Å². The summed E-state index contributed by atoms with van der Waals surface area (Å²) in [4.78, 5) is 19.1. The summed E-state index contributed by atoms with van der Waals surface area (Å²) in [6, 6.07) is 9.14. The van der Waals surface area contributed by atoms with Gasteiger partial charge in [0, 0.05) is 33.7 Å². The molecular formula is C27H30I2N5O3+. The summed E-state index contributed by atoms with van der Waals surface area (Å²) in [6.45, 7) is 0.447. The zero-order chi connectivity index (χ0) is 26.2.